The summed E-state index contributed by atoms with van der Waals surface area (Å²) in [7, 11) is 1.62. The van der Waals surface area contributed by atoms with Crippen molar-refractivity contribution in [2.45, 2.75) is 25.3 Å². The van der Waals surface area contributed by atoms with Crippen molar-refractivity contribution >= 4 is 11.8 Å². The molecule has 2 amide bonds. The van der Waals surface area contributed by atoms with Gasteiger partial charge in [0.1, 0.15) is 0 Å². The molecule has 0 bridgehead atoms. The van der Waals surface area contributed by atoms with Gasteiger partial charge in [-0.3, -0.25) is 14.5 Å². The van der Waals surface area contributed by atoms with E-state index in [1.54, 1.807) is 7.05 Å². The van der Waals surface area contributed by atoms with E-state index in [2.05, 4.69) is 16.6 Å². The number of likely N-dealkylation sites (N-methyl/N-ethyl adjacent to an activating group) is 1. The van der Waals surface area contributed by atoms with Crippen molar-refractivity contribution in [1.29, 1.82) is 0 Å². The van der Waals surface area contributed by atoms with Crippen LogP contribution >= 0.6 is 0 Å². The average Bonchev–Trinajstić information content (AvgIpc) is 2.36. The molecule has 1 saturated heterocycles. The highest BCUT2D eigenvalue weighted by atomic mass is 16.2. The van der Waals surface area contributed by atoms with Crippen molar-refractivity contribution in [2.75, 3.05) is 26.7 Å². The maximum atomic E-state index is 11.7. The van der Waals surface area contributed by atoms with E-state index in [9.17, 15) is 9.59 Å². The molecule has 1 aliphatic heterocycles. The smallest absolute Gasteiger partial charge is 0.237 e. The molecule has 0 spiro atoms. The molecule has 1 fully saturated rings. The zero-order chi connectivity index (χ0) is 12.7. The van der Waals surface area contributed by atoms with Crippen LogP contribution in [-0.2, 0) is 9.59 Å². The van der Waals surface area contributed by atoms with Gasteiger partial charge in [0, 0.05) is 7.05 Å². The second-order valence-electron chi connectivity index (χ2n) is 4.08. The number of hydrogen-bond acceptors (Lipinski definition) is 3. The van der Waals surface area contributed by atoms with Crippen LogP contribution in [0.2, 0.25) is 0 Å². The van der Waals surface area contributed by atoms with Crippen LogP contribution in [0.25, 0.3) is 0 Å². The molecule has 1 unspecified atom stereocenters. The van der Waals surface area contributed by atoms with Crippen LogP contribution in [0.1, 0.15) is 19.3 Å². The van der Waals surface area contributed by atoms with Gasteiger partial charge in [-0.25, -0.2) is 0 Å². The van der Waals surface area contributed by atoms with Gasteiger partial charge in [0.05, 0.1) is 19.1 Å². The third kappa shape index (κ3) is 4.08. The van der Waals surface area contributed by atoms with Gasteiger partial charge in [-0.2, -0.15) is 0 Å². The van der Waals surface area contributed by atoms with E-state index in [1.807, 2.05) is 4.90 Å². The van der Waals surface area contributed by atoms with Gasteiger partial charge in [-0.05, 0) is 19.4 Å². The van der Waals surface area contributed by atoms with Crippen LogP contribution in [0.4, 0.5) is 0 Å². The largest absolute Gasteiger partial charge is 0.358 e. The number of carbonyl (C=O) groups excluding carboxylic acids is 2. The summed E-state index contributed by atoms with van der Waals surface area (Å²) in [5.41, 5.74) is 0. The van der Waals surface area contributed by atoms with E-state index < -0.39 is 0 Å². The minimum absolute atomic E-state index is 0.0190. The van der Waals surface area contributed by atoms with Crippen LogP contribution in [-0.4, -0.2) is 49.4 Å². The summed E-state index contributed by atoms with van der Waals surface area (Å²) in [6, 6.07) is -0.190. The van der Waals surface area contributed by atoms with Gasteiger partial charge in [0.15, 0.2) is 0 Å². The number of nitrogens with zero attached hydrogens (tertiary/aromatic N) is 1. The molecule has 5 nitrogen and oxygen atoms in total. The molecule has 0 saturated carbocycles. The molecule has 0 aliphatic carbocycles. The molecule has 2 N–H and O–H groups in total. The number of hydrogen-bond donors (Lipinski definition) is 2. The zero-order valence-electron chi connectivity index (χ0n) is 10.2. The summed E-state index contributed by atoms with van der Waals surface area (Å²) in [6.45, 7) is 1.25. The molecule has 17 heavy (non-hydrogen) atoms. The molecule has 0 aromatic heterocycles. The normalized spacial score (nSPS) is 20.4. The minimum atomic E-state index is -0.190. The Labute approximate surface area is 102 Å². The van der Waals surface area contributed by atoms with Gasteiger partial charge < -0.3 is 10.6 Å². The predicted octanol–water partition coefficient (Wildman–Crippen LogP) is -0.664. The second kappa shape index (κ2) is 6.92. The highest BCUT2D eigenvalue weighted by Gasteiger charge is 2.28. The lowest BCUT2D eigenvalue weighted by Gasteiger charge is -2.33. The molecule has 1 rings (SSSR count). The summed E-state index contributed by atoms with van der Waals surface area (Å²) in [5, 5.41) is 5.25. The first kappa shape index (κ1) is 13.5. The molecule has 0 radical (unpaired) electrons. The standard InChI is InChI=1S/C12H19N3O2/c1-3-7-14-11(16)9-15-8-5-4-6-10(15)12(17)13-2/h1,10H,4-9H2,2H3,(H,13,17)(H,14,16). The first-order valence-electron chi connectivity index (χ1n) is 5.85. The Balaban J connectivity index is 2.51. The van der Waals surface area contributed by atoms with Crippen molar-refractivity contribution in [3.63, 3.8) is 0 Å². The van der Waals surface area contributed by atoms with E-state index >= 15 is 0 Å². The van der Waals surface area contributed by atoms with Crippen LogP contribution < -0.4 is 10.6 Å². The number of likely N-dealkylation sites (tertiary alicyclic amines) is 1. The van der Waals surface area contributed by atoms with Crippen LogP contribution in [0, 0.1) is 12.3 Å². The summed E-state index contributed by atoms with van der Waals surface area (Å²) < 4.78 is 0. The molecule has 1 aliphatic rings. The Bertz CT molecular complexity index is 322. The molecular formula is C12H19N3O2. The van der Waals surface area contributed by atoms with Gasteiger partial charge >= 0.3 is 0 Å². The number of carbonyl (C=O) groups is 2. The minimum Gasteiger partial charge on any atom is -0.358 e. The van der Waals surface area contributed by atoms with Gasteiger partial charge in [-0.1, -0.05) is 12.3 Å². The van der Waals surface area contributed by atoms with E-state index in [1.165, 1.54) is 0 Å². The Morgan fingerprint density at radius 1 is 1.47 bits per heavy atom. The Hall–Kier alpha value is -1.54. The fourth-order valence-corrected chi connectivity index (χ4v) is 2.03. The van der Waals surface area contributed by atoms with Crippen molar-refractivity contribution in [2.24, 2.45) is 0 Å². The molecule has 0 aromatic carbocycles. The number of piperidine rings is 1. The molecule has 1 heterocycles. The van der Waals surface area contributed by atoms with Crippen molar-refractivity contribution < 1.29 is 9.59 Å². The van der Waals surface area contributed by atoms with E-state index in [0.29, 0.717) is 0 Å². The number of amides is 2. The molecule has 0 aromatic rings. The predicted molar refractivity (Wildman–Crippen MR) is 65.1 cm³/mol. The Kier molecular flexibility index (Phi) is 5.50. The Morgan fingerprint density at radius 3 is 2.88 bits per heavy atom. The maximum Gasteiger partial charge on any atom is 0.237 e. The SMILES string of the molecule is C#CCNC(=O)CN1CCCCC1C(=O)NC. The zero-order valence-corrected chi connectivity index (χ0v) is 10.2. The lowest BCUT2D eigenvalue weighted by molar-refractivity contribution is -0.129. The summed E-state index contributed by atoms with van der Waals surface area (Å²) in [6.07, 6.45) is 7.92. The van der Waals surface area contributed by atoms with Crippen LogP contribution in [0.5, 0.6) is 0 Å². The summed E-state index contributed by atoms with van der Waals surface area (Å²) in [5.74, 6) is 2.21. The lowest BCUT2D eigenvalue weighted by Crippen LogP contribution is -2.51. The third-order valence-corrected chi connectivity index (χ3v) is 2.90. The van der Waals surface area contributed by atoms with Gasteiger partial charge in [0.25, 0.3) is 0 Å². The van der Waals surface area contributed by atoms with Crippen molar-refractivity contribution in [1.82, 2.24) is 15.5 Å². The van der Waals surface area contributed by atoms with E-state index in [-0.39, 0.29) is 30.9 Å². The molecule has 5 heteroatoms. The quantitative estimate of drug-likeness (QED) is 0.638. The third-order valence-electron chi connectivity index (χ3n) is 2.90. The van der Waals surface area contributed by atoms with Crippen molar-refractivity contribution in [3.8, 4) is 12.3 Å². The maximum absolute atomic E-state index is 11.7. The fourth-order valence-electron chi connectivity index (χ4n) is 2.03. The number of rotatable bonds is 4. The number of terminal acetylenes is 1. The second-order valence-corrected chi connectivity index (χ2v) is 4.08. The molecular weight excluding hydrogens is 218 g/mol. The summed E-state index contributed by atoms with van der Waals surface area (Å²) >= 11 is 0. The lowest BCUT2D eigenvalue weighted by atomic mass is 10.0. The Morgan fingerprint density at radius 2 is 2.24 bits per heavy atom. The van der Waals surface area contributed by atoms with Crippen LogP contribution in [0.15, 0.2) is 0 Å². The van der Waals surface area contributed by atoms with Gasteiger partial charge in [0.2, 0.25) is 11.8 Å². The monoisotopic (exact) mass is 237 g/mol. The average molecular weight is 237 g/mol. The topological polar surface area (TPSA) is 61.4 Å². The summed E-state index contributed by atoms with van der Waals surface area (Å²) in [4.78, 5) is 25.1. The highest BCUT2D eigenvalue weighted by Crippen LogP contribution is 2.16. The molecule has 94 valence electrons. The number of nitrogens with one attached hydrogen (secondary N) is 2. The first-order valence-corrected chi connectivity index (χ1v) is 5.85. The van der Waals surface area contributed by atoms with E-state index in [4.69, 9.17) is 6.42 Å². The highest BCUT2D eigenvalue weighted by molar-refractivity contribution is 5.83. The van der Waals surface area contributed by atoms with E-state index in [0.717, 1.165) is 25.8 Å². The fraction of sp³-hybridized carbons (Fsp3) is 0.667. The van der Waals surface area contributed by atoms with Crippen LogP contribution in [0.3, 0.4) is 0 Å². The van der Waals surface area contributed by atoms with Gasteiger partial charge in [-0.15, -0.1) is 6.42 Å². The molecule has 1 atom stereocenters. The van der Waals surface area contributed by atoms with Crippen molar-refractivity contribution in [3.05, 3.63) is 0 Å². The first-order chi connectivity index (χ1) is 8.19.